The molecule has 1 amide bonds. The van der Waals surface area contributed by atoms with Crippen molar-refractivity contribution in [1.29, 1.82) is 0 Å². The fourth-order valence-corrected chi connectivity index (χ4v) is 3.79. The summed E-state index contributed by atoms with van der Waals surface area (Å²) in [6.45, 7) is 7.85. The number of pyridine rings is 1. The van der Waals surface area contributed by atoms with E-state index in [4.69, 9.17) is 5.73 Å². The summed E-state index contributed by atoms with van der Waals surface area (Å²) in [7, 11) is 0. The second-order valence-corrected chi connectivity index (χ2v) is 8.17. The monoisotopic (exact) mass is 413 g/mol. The van der Waals surface area contributed by atoms with E-state index in [0.29, 0.717) is 5.56 Å². The fourth-order valence-electron chi connectivity index (χ4n) is 3.79. The normalized spacial score (nSPS) is 18.9. The number of nitrogens with one attached hydrogen (secondary N) is 2. The van der Waals surface area contributed by atoms with E-state index in [1.807, 2.05) is 50.3 Å². The lowest BCUT2D eigenvalue weighted by atomic mass is 9.87. The molecule has 1 fully saturated rings. The first kappa shape index (κ1) is 20.8. The van der Waals surface area contributed by atoms with E-state index in [2.05, 4.69) is 26.8 Å². The van der Waals surface area contributed by atoms with Gasteiger partial charge in [-0.3, -0.25) is 9.78 Å². The third-order valence-corrected chi connectivity index (χ3v) is 5.52. The molecule has 31 heavy (non-hydrogen) atoms. The number of aromatic nitrogens is 3. The van der Waals surface area contributed by atoms with E-state index in [1.54, 1.807) is 18.6 Å². The number of carbonyl (C=O) groups excluding carboxylic acids is 1. The van der Waals surface area contributed by atoms with Gasteiger partial charge in [-0.2, -0.15) is 0 Å². The van der Waals surface area contributed by atoms with Gasteiger partial charge in [0.25, 0.3) is 5.91 Å². The molecular weight excluding hydrogens is 386 g/mol. The van der Waals surface area contributed by atoms with Gasteiger partial charge in [0.1, 0.15) is 0 Å². The predicted octanol–water partition coefficient (Wildman–Crippen LogP) is 4.38. The number of carbonyl (C=O) groups is 1. The summed E-state index contributed by atoms with van der Waals surface area (Å²) in [4.78, 5) is 25.1. The molecule has 2 aromatic heterocycles. The molecule has 1 aromatic carbocycles. The summed E-state index contributed by atoms with van der Waals surface area (Å²) in [5, 5.41) is 3.89. The van der Waals surface area contributed by atoms with Gasteiger partial charge in [0.2, 0.25) is 0 Å². The van der Waals surface area contributed by atoms with Crippen molar-refractivity contribution >= 4 is 22.4 Å². The average Bonchev–Trinajstić information content (AvgIpc) is 3.21. The third kappa shape index (κ3) is 4.49. The number of fused-ring (bicyclic) bond motifs is 1. The number of nitrogens with two attached hydrogens (primary N) is 1. The Kier molecular flexibility index (Phi) is 5.82. The molecule has 6 nitrogen and oxygen atoms in total. The maximum absolute atomic E-state index is 12.9. The Bertz CT molecular complexity index is 1200. The smallest absolute Gasteiger partial charge is 0.252 e. The van der Waals surface area contributed by atoms with Gasteiger partial charge in [-0.05, 0) is 50.5 Å². The van der Waals surface area contributed by atoms with Crippen LogP contribution in [0.5, 0.6) is 0 Å². The number of allylic oxidation sites excluding steroid dienone is 5. The molecule has 0 saturated heterocycles. The highest BCUT2D eigenvalue weighted by atomic mass is 16.1. The molecule has 4 N–H and O–H groups in total. The Hall–Kier alpha value is -3.51. The van der Waals surface area contributed by atoms with Crippen LogP contribution in [0.3, 0.4) is 0 Å². The second kappa shape index (κ2) is 8.70. The Morgan fingerprint density at radius 2 is 2.06 bits per heavy atom. The van der Waals surface area contributed by atoms with E-state index >= 15 is 0 Å². The number of hydrogen-bond acceptors (Lipinski definition) is 4. The van der Waals surface area contributed by atoms with Gasteiger partial charge in [0, 0.05) is 29.2 Å². The summed E-state index contributed by atoms with van der Waals surface area (Å²) in [6.07, 6.45) is 10.9. The highest BCUT2D eigenvalue weighted by Gasteiger charge is 2.28. The SMILES string of the molecule is C=C(C)/C=C\C=C(/C)c1nc[nH]c1-c1ccc2nccc(C(=O)NC3CC(N)C3)c2c1. The van der Waals surface area contributed by atoms with E-state index in [1.165, 1.54) is 0 Å². The van der Waals surface area contributed by atoms with Crippen molar-refractivity contribution in [3.05, 3.63) is 78.4 Å². The molecule has 2 heterocycles. The minimum Gasteiger partial charge on any atom is -0.349 e. The first-order chi connectivity index (χ1) is 14.9. The first-order valence-electron chi connectivity index (χ1n) is 10.4. The van der Waals surface area contributed by atoms with Gasteiger partial charge in [0.15, 0.2) is 0 Å². The van der Waals surface area contributed by atoms with E-state index in [9.17, 15) is 4.79 Å². The van der Waals surface area contributed by atoms with Crippen molar-refractivity contribution in [2.75, 3.05) is 0 Å². The summed E-state index contributed by atoms with van der Waals surface area (Å²) < 4.78 is 0. The summed E-state index contributed by atoms with van der Waals surface area (Å²) in [5.41, 5.74) is 12.0. The number of nitrogens with zero attached hydrogens (tertiary/aromatic N) is 2. The number of rotatable bonds is 6. The minimum absolute atomic E-state index is 0.0905. The molecule has 1 aliphatic carbocycles. The van der Waals surface area contributed by atoms with Crippen molar-refractivity contribution in [2.45, 2.75) is 38.8 Å². The Morgan fingerprint density at radius 1 is 1.26 bits per heavy atom. The zero-order valence-electron chi connectivity index (χ0n) is 17.9. The third-order valence-electron chi connectivity index (χ3n) is 5.52. The molecule has 0 unspecified atom stereocenters. The van der Waals surface area contributed by atoms with Gasteiger partial charge in [0.05, 0.1) is 28.8 Å². The zero-order valence-corrected chi connectivity index (χ0v) is 17.9. The molecular formula is C25H27N5O. The Balaban J connectivity index is 1.68. The standard InChI is InChI=1S/C25H27N5O/c1-15(2)5-4-6-16(3)23-24(29-14-28-23)17-7-8-22-21(11-17)20(9-10-27-22)25(31)30-19-12-18(26)13-19/h4-11,14,18-19H,1,12-13,26H2,2-3H3,(H,28,29)(H,30,31)/b5-4-,16-6+. The molecule has 1 saturated carbocycles. The highest BCUT2D eigenvalue weighted by Crippen LogP contribution is 2.29. The molecule has 0 atom stereocenters. The van der Waals surface area contributed by atoms with Crippen molar-refractivity contribution in [1.82, 2.24) is 20.3 Å². The van der Waals surface area contributed by atoms with E-state index in [0.717, 1.165) is 51.8 Å². The van der Waals surface area contributed by atoms with Crippen LogP contribution in [0.25, 0.3) is 27.7 Å². The molecule has 158 valence electrons. The van der Waals surface area contributed by atoms with Crippen LogP contribution in [0, 0.1) is 0 Å². The van der Waals surface area contributed by atoms with Crippen molar-refractivity contribution < 1.29 is 4.79 Å². The average molecular weight is 414 g/mol. The van der Waals surface area contributed by atoms with Crippen LogP contribution in [-0.4, -0.2) is 32.9 Å². The van der Waals surface area contributed by atoms with Crippen molar-refractivity contribution in [2.24, 2.45) is 5.73 Å². The lowest BCUT2D eigenvalue weighted by Crippen LogP contribution is -2.50. The minimum atomic E-state index is -0.0905. The Morgan fingerprint density at radius 3 is 2.81 bits per heavy atom. The molecule has 3 aromatic rings. The predicted molar refractivity (Wildman–Crippen MR) is 125 cm³/mol. The number of hydrogen-bond donors (Lipinski definition) is 3. The van der Waals surface area contributed by atoms with Gasteiger partial charge < -0.3 is 16.0 Å². The van der Waals surface area contributed by atoms with Crippen molar-refractivity contribution in [3.8, 4) is 11.3 Å². The van der Waals surface area contributed by atoms with E-state index in [-0.39, 0.29) is 18.0 Å². The second-order valence-electron chi connectivity index (χ2n) is 8.17. The van der Waals surface area contributed by atoms with Crippen molar-refractivity contribution in [3.63, 3.8) is 0 Å². The number of amides is 1. The van der Waals surface area contributed by atoms with Crippen LogP contribution in [0.15, 0.2) is 67.2 Å². The van der Waals surface area contributed by atoms with Crippen LogP contribution in [0.1, 0.15) is 42.7 Å². The quantitative estimate of drug-likeness (QED) is 0.523. The molecule has 0 spiro atoms. The van der Waals surface area contributed by atoms with Gasteiger partial charge in [-0.15, -0.1) is 0 Å². The zero-order chi connectivity index (χ0) is 22.0. The topological polar surface area (TPSA) is 96.7 Å². The fraction of sp³-hybridized carbons (Fsp3) is 0.240. The molecule has 0 bridgehead atoms. The molecule has 1 aliphatic rings. The number of aromatic amines is 1. The van der Waals surface area contributed by atoms with Gasteiger partial charge in [-0.1, -0.05) is 36.4 Å². The van der Waals surface area contributed by atoms with Crippen LogP contribution in [0.4, 0.5) is 0 Å². The lowest BCUT2D eigenvalue weighted by molar-refractivity contribution is 0.0912. The largest absolute Gasteiger partial charge is 0.349 e. The molecule has 0 aliphatic heterocycles. The van der Waals surface area contributed by atoms with Crippen LogP contribution >= 0.6 is 0 Å². The lowest BCUT2D eigenvalue weighted by Gasteiger charge is -2.33. The summed E-state index contributed by atoms with van der Waals surface area (Å²) in [5.74, 6) is -0.0905. The van der Waals surface area contributed by atoms with Gasteiger partial charge in [-0.25, -0.2) is 4.98 Å². The summed E-state index contributed by atoms with van der Waals surface area (Å²) in [6, 6.07) is 8.03. The number of benzene rings is 1. The van der Waals surface area contributed by atoms with Crippen LogP contribution in [-0.2, 0) is 0 Å². The van der Waals surface area contributed by atoms with Crippen LogP contribution in [0.2, 0.25) is 0 Å². The first-order valence-corrected chi connectivity index (χ1v) is 10.4. The van der Waals surface area contributed by atoms with Crippen LogP contribution < -0.4 is 11.1 Å². The maximum atomic E-state index is 12.9. The molecule has 0 radical (unpaired) electrons. The summed E-state index contributed by atoms with van der Waals surface area (Å²) >= 11 is 0. The molecule has 4 rings (SSSR count). The highest BCUT2D eigenvalue weighted by molar-refractivity contribution is 6.07. The number of imidazole rings is 1. The number of H-pyrrole nitrogens is 1. The van der Waals surface area contributed by atoms with E-state index < -0.39 is 0 Å². The van der Waals surface area contributed by atoms with Gasteiger partial charge >= 0.3 is 0 Å². The molecule has 6 heteroatoms. The Labute approximate surface area is 182 Å². The maximum Gasteiger partial charge on any atom is 0.252 e.